The van der Waals surface area contributed by atoms with E-state index in [1.807, 2.05) is 18.2 Å². The van der Waals surface area contributed by atoms with Crippen molar-refractivity contribution < 1.29 is 23.8 Å². The van der Waals surface area contributed by atoms with Gasteiger partial charge in [0.2, 0.25) is 6.79 Å². The molecule has 1 amide bonds. The number of carbonyl (C=O) groups is 2. The fraction of sp³-hybridized carbons (Fsp3) is 0.417. The molecule has 0 N–H and O–H groups in total. The zero-order valence-corrected chi connectivity index (χ0v) is 17.3. The van der Waals surface area contributed by atoms with E-state index in [-0.39, 0.29) is 18.7 Å². The highest BCUT2D eigenvalue weighted by Gasteiger charge is 2.44. The number of ether oxygens (including phenoxy) is 3. The summed E-state index contributed by atoms with van der Waals surface area (Å²) in [5.74, 6) is 0.915. The summed E-state index contributed by atoms with van der Waals surface area (Å²) in [4.78, 5) is 27.7. The maximum Gasteiger partial charge on any atom is 0.313 e. The van der Waals surface area contributed by atoms with Crippen LogP contribution in [0.25, 0.3) is 0 Å². The average molecular weight is 409 g/mol. The number of piperidine rings is 1. The Hall–Kier alpha value is -3.02. The molecule has 0 radical (unpaired) electrons. The molecule has 1 unspecified atom stereocenters. The van der Waals surface area contributed by atoms with Gasteiger partial charge in [0.15, 0.2) is 11.5 Å². The van der Waals surface area contributed by atoms with E-state index in [0.717, 1.165) is 25.7 Å². The predicted molar refractivity (Wildman–Crippen MR) is 112 cm³/mol. The van der Waals surface area contributed by atoms with Crippen LogP contribution in [0.1, 0.15) is 41.6 Å². The van der Waals surface area contributed by atoms with E-state index in [9.17, 15) is 9.59 Å². The van der Waals surface area contributed by atoms with Gasteiger partial charge >= 0.3 is 5.97 Å². The summed E-state index contributed by atoms with van der Waals surface area (Å²) in [6, 6.07) is 15.5. The standard InChI is InChI=1S/C24H27NO5/c1-28-23(27)24(12-5-9-18-7-3-2-4-8-18)13-6-14-25(16-24)22(26)19-10-11-20-21(15-19)30-17-29-20/h2-4,7-8,10-11,15H,5-6,9,12-14,16-17H2,1H3. The van der Waals surface area contributed by atoms with E-state index in [2.05, 4.69) is 12.1 Å². The van der Waals surface area contributed by atoms with Crippen LogP contribution in [0.15, 0.2) is 48.5 Å². The Kier molecular flexibility index (Phi) is 5.93. The third kappa shape index (κ3) is 4.13. The lowest BCUT2D eigenvalue weighted by Crippen LogP contribution is -2.50. The molecule has 2 aliphatic heterocycles. The number of fused-ring (bicyclic) bond motifs is 1. The number of hydrogen-bond donors (Lipinski definition) is 0. The van der Waals surface area contributed by atoms with Gasteiger partial charge in [0.1, 0.15) is 0 Å². The van der Waals surface area contributed by atoms with Crippen molar-refractivity contribution in [3.8, 4) is 11.5 Å². The van der Waals surface area contributed by atoms with Gasteiger partial charge in [-0.3, -0.25) is 9.59 Å². The average Bonchev–Trinajstić information content (AvgIpc) is 3.27. The maximum absolute atomic E-state index is 13.2. The van der Waals surface area contributed by atoms with Crippen molar-refractivity contribution in [3.63, 3.8) is 0 Å². The van der Waals surface area contributed by atoms with Gasteiger partial charge < -0.3 is 19.1 Å². The topological polar surface area (TPSA) is 65.1 Å². The van der Waals surface area contributed by atoms with Gasteiger partial charge in [-0.05, 0) is 55.9 Å². The SMILES string of the molecule is COC(=O)C1(CCCc2ccccc2)CCCN(C(=O)c2ccc3c(c2)OCO3)C1. The number of carbonyl (C=O) groups excluding carboxylic acids is 2. The predicted octanol–water partition coefficient (Wildman–Crippen LogP) is 3.83. The van der Waals surface area contributed by atoms with Crippen molar-refractivity contribution in [2.24, 2.45) is 5.41 Å². The summed E-state index contributed by atoms with van der Waals surface area (Å²) in [7, 11) is 1.43. The highest BCUT2D eigenvalue weighted by molar-refractivity contribution is 5.95. The second-order valence-corrected chi connectivity index (χ2v) is 8.01. The largest absolute Gasteiger partial charge is 0.469 e. The van der Waals surface area contributed by atoms with Crippen molar-refractivity contribution in [3.05, 3.63) is 59.7 Å². The molecule has 0 aliphatic carbocycles. The molecular weight excluding hydrogens is 382 g/mol. The summed E-state index contributed by atoms with van der Waals surface area (Å²) in [5, 5.41) is 0. The van der Waals surface area contributed by atoms with Crippen LogP contribution in [-0.4, -0.2) is 43.8 Å². The number of benzene rings is 2. The van der Waals surface area contributed by atoms with E-state index in [1.54, 1.807) is 23.1 Å². The zero-order chi connectivity index (χ0) is 21.0. The van der Waals surface area contributed by atoms with Crippen molar-refractivity contribution in [1.82, 2.24) is 4.90 Å². The van der Waals surface area contributed by atoms with Crippen molar-refractivity contribution in [2.75, 3.05) is 27.0 Å². The van der Waals surface area contributed by atoms with E-state index in [4.69, 9.17) is 14.2 Å². The highest BCUT2D eigenvalue weighted by atomic mass is 16.7. The number of rotatable bonds is 6. The molecule has 30 heavy (non-hydrogen) atoms. The van der Waals surface area contributed by atoms with Gasteiger partial charge in [-0.2, -0.15) is 0 Å². The van der Waals surface area contributed by atoms with Crippen LogP contribution < -0.4 is 9.47 Å². The second kappa shape index (κ2) is 8.78. The smallest absolute Gasteiger partial charge is 0.313 e. The number of hydrogen-bond acceptors (Lipinski definition) is 5. The van der Waals surface area contributed by atoms with Crippen LogP contribution in [0.5, 0.6) is 11.5 Å². The molecule has 1 saturated heterocycles. The molecule has 1 fully saturated rings. The molecule has 4 rings (SSSR count). The molecule has 0 spiro atoms. The third-order valence-corrected chi connectivity index (χ3v) is 6.07. The molecule has 6 nitrogen and oxygen atoms in total. The monoisotopic (exact) mass is 409 g/mol. The number of likely N-dealkylation sites (tertiary alicyclic amines) is 1. The number of aryl methyl sites for hydroxylation is 1. The molecule has 2 aliphatic rings. The molecule has 158 valence electrons. The Morgan fingerprint density at radius 3 is 2.70 bits per heavy atom. The quantitative estimate of drug-likeness (QED) is 0.679. The molecular formula is C24H27NO5. The summed E-state index contributed by atoms with van der Waals surface area (Å²) in [6.45, 7) is 1.18. The van der Waals surface area contributed by atoms with Crippen molar-refractivity contribution in [1.29, 1.82) is 0 Å². The molecule has 2 heterocycles. The first-order valence-corrected chi connectivity index (χ1v) is 10.4. The summed E-state index contributed by atoms with van der Waals surface area (Å²) < 4.78 is 15.9. The molecule has 2 aromatic rings. The minimum atomic E-state index is -0.659. The van der Waals surface area contributed by atoms with Crippen LogP contribution in [0.2, 0.25) is 0 Å². The lowest BCUT2D eigenvalue weighted by molar-refractivity contribution is -0.156. The first kappa shape index (κ1) is 20.3. The molecule has 6 heteroatoms. The Morgan fingerprint density at radius 2 is 1.90 bits per heavy atom. The molecule has 1 atom stereocenters. The van der Waals surface area contributed by atoms with Gasteiger partial charge in [-0.1, -0.05) is 30.3 Å². The molecule has 0 aromatic heterocycles. The van der Waals surface area contributed by atoms with E-state index in [1.165, 1.54) is 12.7 Å². The van der Waals surface area contributed by atoms with Crippen LogP contribution >= 0.6 is 0 Å². The lowest BCUT2D eigenvalue weighted by atomic mass is 9.75. The number of methoxy groups -OCH3 is 1. The van der Waals surface area contributed by atoms with E-state index in [0.29, 0.717) is 36.6 Å². The Morgan fingerprint density at radius 1 is 1.10 bits per heavy atom. The first-order valence-electron chi connectivity index (χ1n) is 10.4. The third-order valence-electron chi connectivity index (χ3n) is 6.07. The minimum Gasteiger partial charge on any atom is -0.469 e. The van der Waals surface area contributed by atoms with Crippen LogP contribution in [0, 0.1) is 5.41 Å². The van der Waals surface area contributed by atoms with Crippen molar-refractivity contribution >= 4 is 11.9 Å². The van der Waals surface area contributed by atoms with E-state index >= 15 is 0 Å². The molecule has 0 bridgehead atoms. The maximum atomic E-state index is 13.2. The van der Waals surface area contributed by atoms with Crippen LogP contribution in [-0.2, 0) is 16.0 Å². The number of esters is 1. The number of amides is 1. The van der Waals surface area contributed by atoms with E-state index < -0.39 is 5.41 Å². The fourth-order valence-corrected chi connectivity index (χ4v) is 4.48. The molecule has 0 saturated carbocycles. The van der Waals surface area contributed by atoms with Gasteiger partial charge in [-0.25, -0.2) is 0 Å². The Bertz CT molecular complexity index is 913. The fourth-order valence-electron chi connectivity index (χ4n) is 4.48. The normalized spacial score (nSPS) is 20.1. The second-order valence-electron chi connectivity index (χ2n) is 8.01. The lowest BCUT2D eigenvalue weighted by Gasteiger charge is -2.41. The van der Waals surface area contributed by atoms with Gasteiger partial charge in [-0.15, -0.1) is 0 Å². The first-order chi connectivity index (χ1) is 14.6. The van der Waals surface area contributed by atoms with Crippen molar-refractivity contribution in [2.45, 2.75) is 32.1 Å². The van der Waals surface area contributed by atoms with Crippen LogP contribution in [0.3, 0.4) is 0 Å². The Balaban J connectivity index is 1.47. The molecule has 2 aromatic carbocycles. The number of nitrogens with zero attached hydrogens (tertiary/aromatic N) is 1. The summed E-state index contributed by atoms with van der Waals surface area (Å²) in [5.41, 5.74) is 1.14. The van der Waals surface area contributed by atoms with Gasteiger partial charge in [0.05, 0.1) is 12.5 Å². The minimum absolute atomic E-state index is 0.0932. The van der Waals surface area contributed by atoms with Gasteiger partial charge in [0.25, 0.3) is 5.91 Å². The summed E-state index contributed by atoms with van der Waals surface area (Å²) in [6.07, 6.45) is 3.97. The Labute approximate surface area is 176 Å². The zero-order valence-electron chi connectivity index (χ0n) is 17.3. The van der Waals surface area contributed by atoms with Gasteiger partial charge in [0, 0.05) is 18.7 Å². The summed E-state index contributed by atoms with van der Waals surface area (Å²) >= 11 is 0. The van der Waals surface area contributed by atoms with Crippen LogP contribution in [0.4, 0.5) is 0 Å². The highest BCUT2D eigenvalue weighted by Crippen LogP contribution is 2.38.